The normalized spacial score (nSPS) is 15.8. The molecule has 1 saturated carbocycles. The lowest BCUT2D eigenvalue weighted by Crippen LogP contribution is -2.44. The molecule has 0 bridgehead atoms. The summed E-state index contributed by atoms with van der Waals surface area (Å²) in [5.41, 5.74) is 1.20. The first-order valence-electron chi connectivity index (χ1n) is 7.54. The van der Waals surface area contributed by atoms with E-state index in [2.05, 4.69) is 27.4 Å². The average Bonchev–Trinajstić information content (AvgIpc) is 2.50. The SMILES string of the molecule is O=C(NCC1(Cc2ccccc2)CCC1)c1ccnc(=O)[nH]1. The third-order valence-corrected chi connectivity index (χ3v) is 4.38. The molecular weight excluding hydrogens is 278 g/mol. The van der Waals surface area contributed by atoms with Gasteiger partial charge in [0.1, 0.15) is 5.69 Å². The predicted molar refractivity (Wildman–Crippen MR) is 83.6 cm³/mol. The maximum Gasteiger partial charge on any atom is 0.345 e. The Labute approximate surface area is 128 Å². The number of carbonyl (C=O) groups is 1. The van der Waals surface area contributed by atoms with Gasteiger partial charge in [0.15, 0.2) is 0 Å². The molecule has 0 radical (unpaired) electrons. The molecule has 114 valence electrons. The van der Waals surface area contributed by atoms with Crippen molar-refractivity contribution in [2.45, 2.75) is 25.7 Å². The Balaban J connectivity index is 1.64. The molecule has 1 fully saturated rings. The van der Waals surface area contributed by atoms with Crippen LogP contribution in [-0.2, 0) is 6.42 Å². The molecule has 0 spiro atoms. The van der Waals surface area contributed by atoms with Gasteiger partial charge in [-0.15, -0.1) is 0 Å². The van der Waals surface area contributed by atoms with E-state index in [1.54, 1.807) is 0 Å². The van der Waals surface area contributed by atoms with Crippen LogP contribution in [0.25, 0.3) is 0 Å². The summed E-state index contributed by atoms with van der Waals surface area (Å²) in [5.74, 6) is -0.251. The molecule has 2 N–H and O–H groups in total. The highest BCUT2D eigenvalue weighted by atomic mass is 16.2. The van der Waals surface area contributed by atoms with E-state index >= 15 is 0 Å². The minimum Gasteiger partial charge on any atom is -0.350 e. The molecule has 1 amide bonds. The summed E-state index contributed by atoms with van der Waals surface area (Å²) in [6.45, 7) is 0.630. The molecule has 22 heavy (non-hydrogen) atoms. The highest BCUT2D eigenvalue weighted by Crippen LogP contribution is 2.43. The molecule has 0 saturated heterocycles. The van der Waals surface area contributed by atoms with Crippen LogP contribution in [0.2, 0.25) is 0 Å². The Hall–Kier alpha value is -2.43. The van der Waals surface area contributed by atoms with Gasteiger partial charge in [0, 0.05) is 12.7 Å². The smallest absolute Gasteiger partial charge is 0.345 e. The maximum atomic E-state index is 12.1. The van der Waals surface area contributed by atoms with E-state index in [0.29, 0.717) is 6.54 Å². The van der Waals surface area contributed by atoms with E-state index in [4.69, 9.17) is 0 Å². The van der Waals surface area contributed by atoms with Gasteiger partial charge in [0.05, 0.1) is 0 Å². The monoisotopic (exact) mass is 297 g/mol. The Morgan fingerprint density at radius 2 is 2.00 bits per heavy atom. The van der Waals surface area contributed by atoms with E-state index in [0.717, 1.165) is 19.3 Å². The van der Waals surface area contributed by atoms with Crippen LogP contribution in [0, 0.1) is 5.41 Å². The molecule has 1 aromatic heterocycles. The van der Waals surface area contributed by atoms with Gasteiger partial charge in [0.2, 0.25) is 0 Å². The lowest BCUT2D eigenvalue weighted by atomic mass is 9.65. The first-order valence-corrected chi connectivity index (χ1v) is 7.54. The third-order valence-electron chi connectivity index (χ3n) is 4.38. The molecule has 1 heterocycles. The minimum absolute atomic E-state index is 0.143. The van der Waals surface area contributed by atoms with Crippen molar-refractivity contribution in [3.63, 3.8) is 0 Å². The van der Waals surface area contributed by atoms with Crippen LogP contribution in [0.4, 0.5) is 0 Å². The molecule has 5 heteroatoms. The van der Waals surface area contributed by atoms with E-state index in [1.165, 1.54) is 24.2 Å². The van der Waals surface area contributed by atoms with Crippen LogP contribution < -0.4 is 11.0 Å². The third kappa shape index (κ3) is 3.24. The zero-order valence-corrected chi connectivity index (χ0v) is 12.3. The first kappa shape index (κ1) is 14.5. The van der Waals surface area contributed by atoms with Gasteiger partial charge in [0.25, 0.3) is 5.91 Å². The molecule has 2 aromatic rings. The average molecular weight is 297 g/mol. The second-order valence-corrected chi connectivity index (χ2v) is 5.99. The van der Waals surface area contributed by atoms with Gasteiger partial charge in [-0.25, -0.2) is 9.78 Å². The number of benzene rings is 1. The van der Waals surface area contributed by atoms with Crippen LogP contribution in [0.15, 0.2) is 47.4 Å². The number of rotatable bonds is 5. The van der Waals surface area contributed by atoms with Crippen molar-refractivity contribution in [2.24, 2.45) is 5.41 Å². The van der Waals surface area contributed by atoms with Gasteiger partial charge in [-0.1, -0.05) is 36.8 Å². The molecule has 1 aliphatic carbocycles. The topological polar surface area (TPSA) is 74.8 Å². The van der Waals surface area contributed by atoms with Crippen LogP contribution >= 0.6 is 0 Å². The zero-order chi connectivity index (χ0) is 15.4. The molecule has 3 rings (SSSR count). The highest BCUT2D eigenvalue weighted by Gasteiger charge is 2.37. The van der Waals surface area contributed by atoms with Crippen molar-refractivity contribution in [3.05, 3.63) is 64.3 Å². The van der Waals surface area contributed by atoms with Crippen LogP contribution in [0.1, 0.15) is 35.3 Å². The number of hydrogen-bond acceptors (Lipinski definition) is 3. The van der Waals surface area contributed by atoms with Crippen LogP contribution in [-0.4, -0.2) is 22.4 Å². The lowest BCUT2D eigenvalue weighted by molar-refractivity contribution is 0.0854. The first-order chi connectivity index (χ1) is 10.7. The summed E-state index contributed by atoms with van der Waals surface area (Å²) in [7, 11) is 0. The number of carbonyl (C=O) groups excluding carboxylic acids is 1. The van der Waals surface area contributed by atoms with Gasteiger partial charge in [-0.05, 0) is 36.3 Å². The quantitative estimate of drug-likeness (QED) is 0.885. The minimum atomic E-state index is -0.504. The molecule has 1 aliphatic rings. The summed E-state index contributed by atoms with van der Waals surface area (Å²) in [5, 5.41) is 2.95. The van der Waals surface area contributed by atoms with Crippen molar-refractivity contribution < 1.29 is 4.79 Å². The van der Waals surface area contributed by atoms with Gasteiger partial charge in [-0.3, -0.25) is 4.79 Å². The Bertz CT molecular complexity index is 705. The summed E-state index contributed by atoms with van der Waals surface area (Å²) in [6, 6.07) is 11.9. The highest BCUT2D eigenvalue weighted by molar-refractivity contribution is 5.92. The Kier molecular flexibility index (Phi) is 4.04. The lowest BCUT2D eigenvalue weighted by Gasteiger charge is -2.42. The summed E-state index contributed by atoms with van der Waals surface area (Å²) >= 11 is 0. The van der Waals surface area contributed by atoms with Crippen molar-refractivity contribution >= 4 is 5.91 Å². The molecule has 1 aromatic carbocycles. The maximum absolute atomic E-state index is 12.1. The van der Waals surface area contributed by atoms with E-state index in [-0.39, 0.29) is 17.0 Å². The standard InChI is InChI=1S/C17H19N3O2/c21-15(14-7-10-18-16(22)20-14)19-12-17(8-4-9-17)11-13-5-2-1-3-6-13/h1-3,5-7,10H,4,8-9,11-12H2,(H,19,21)(H,18,20,22). The molecule has 0 unspecified atom stereocenters. The second kappa shape index (κ2) is 6.13. The molecule has 0 aliphatic heterocycles. The van der Waals surface area contributed by atoms with Crippen LogP contribution in [0.3, 0.4) is 0 Å². The molecule has 0 atom stereocenters. The van der Waals surface area contributed by atoms with Crippen molar-refractivity contribution in [1.29, 1.82) is 0 Å². The number of nitrogens with zero attached hydrogens (tertiary/aromatic N) is 1. The number of nitrogens with one attached hydrogen (secondary N) is 2. The van der Waals surface area contributed by atoms with Gasteiger partial charge >= 0.3 is 5.69 Å². The predicted octanol–water partition coefficient (Wildman–Crippen LogP) is 1.91. The van der Waals surface area contributed by atoms with Crippen molar-refractivity contribution in [1.82, 2.24) is 15.3 Å². The van der Waals surface area contributed by atoms with Gasteiger partial charge in [-0.2, -0.15) is 0 Å². The summed E-state index contributed by atoms with van der Waals surface area (Å²) < 4.78 is 0. The molecule has 5 nitrogen and oxygen atoms in total. The number of H-pyrrole nitrogens is 1. The van der Waals surface area contributed by atoms with Crippen molar-refractivity contribution in [3.8, 4) is 0 Å². The molecular formula is C17H19N3O2. The van der Waals surface area contributed by atoms with Crippen molar-refractivity contribution in [2.75, 3.05) is 6.54 Å². The largest absolute Gasteiger partial charge is 0.350 e. The zero-order valence-electron chi connectivity index (χ0n) is 12.3. The van der Waals surface area contributed by atoms with Gasteiger partial charge < -0.3 is 10.3 Å². The summed E-state index contributed by atoms with van der Waals surface area (Å²) in [4.78, 5) is 29.3. The fourth-order valence-corrected chi connectivity index (χ4v) is 2.99. The van der Waals surface area contributed by atoms with E-state index in [9.17, 15) is 9.59 Å². The van der Waals surface area contributed by atoms with Crippen LogP contribution in [0.5, 0.6) is 0 Å². The number of amides is 1. The summed E-state index contributed by atoms with van der Waals surface area (Å²) in [6.07, 6.45) is 5.76. The van der Waals surface area contributed by atoms with E-state index in [1.807, 2.05) is 18.2 Å². The Morgan fingerprint density at radius 3 is 2.64 bits per heavy atom. The fraction of sp³-hybridized carbons (Fsp3) is 0.353. The number of hydrogen-bond donors (Lipinski definition) is 2. The fourth-order valence-electron chi connectivity index (χ4n) is 2.99. The van der Waals surface area contributed by atoms with E-state index < -0.39 is 5.69 Å². The number of aromatic nitrogens is 2. The Morgan fingerprint density at radius 1 is 1.23 bits per heavy atom. The number of aromatic amines is 1. The second-order valence-electron chi connectivity index (χ2n) is 5.99.